The van der Waals surface area contributed by atoms with Gasteiger partial charge in [0.05, 0.1) is 0 Å². The van der Waals surface area contributed by atoms with Crippen LogP contribution in [0, 0.1) is 0 Å². The summed E-state index contributed by atoms with van der Waals surface area (Å²) in [6.45, 7) is 0. The van der Waals surface area contributed by atoms with Crippen LogP contribution in [0.1, 0.15) is 0 Å². The van der Waals surface area contributed by atoms with E-state index in [4.69, 9.17) is 17.5 Å². The van der Waals surface area contributed by atoms with Crippen molar-refractivity contribution in [3.8, 4) is 0 Å². The molecule has 9 heteroatoms. The van der Waals surface area contributed by atoms with E-state index in [1.165, 1.54) is 0 Å². The quantitative estimate of drug-likeness (QED) is 0.401. The Morgan fingerprint density at radius 2 is 1.20 bits per heavy atom. The monoisotopic (exact) mass is 174 g/mol. The van der Waals surface area contributed by atoms with Gasteiger partial charge in [0, 0.05) is 0 Å². The number of hydrogen-bond acceptors (Lipinski definition) is 2. The van der Waals surface area contributed by atoms with E-state index < -0.39 is 15.2 Å². The van der Waals surface area contributed by atoms with Gasteiger partial charge in [0.15, 0.2) is 0 Å². The Hall–Kier alpha value is 0.257. The first-order chi connectivity index (χ1) is 4.00. The van der Waals surface area contributed by atoms with E-state index >= 15 is 0 Å². The Morgan fingerprint density at radius 1 is 1.20 bits per heavy atom. The van der Waals surface area contributed by atoms with Crippen molar-refractivity contribution in [1.29, 1.82) is 0 Å². The second-order valence-electron chi connectivity index (χ2n) is 1.23. The van der Waals surface area contributed by atoms with Gasteiger partial charge in [0.1, 0.15) is 0 Å². The third-order valence-corrected chi connectivity index (χ3v) is 0. The molecule has 10 heavy (non-hydrogen) atoms. The van der Waals surface area contributed by atoms with E-state index in [1.807, 2.05) is 0 Å². The van der Waals surface area contributed by atoms with Crippen molar-refractivity contribution in [3.05, 3.63) is 0 Å². The van der Waals surface area contributed by atoms with E-state index in [0.717, 1.165) is 0 Å². The van der Waals surface area contributed by atoms with Crippen LogP contribution in [-0.2, 0) is 10.4 Å². The van der Waals surface area contributed by atoms with E-state index in [0.29, 0.717) is 0 Å². The molecule has 4 nitrogen and oxygen atoms in total. The van der Waals surface area contributed by atoms with Crippen LogP contribution in [0.2, 0.25) is 0 Å². The summed E-state index contributed by atoms with van der Waals surface area (Å²) in [6.07, 6.45) is 0. The van der Waals surface area contributed by atoms with Gasteiger partial charge in [-0.05, 0) is 0 Å². The number of hydrogen-bond donors (Lipinski definition) is 2. The first-order valence-corrected chi connectivity index (χ1v) is 3.16. The molecular weight excluding hydrogens is 172 g/mol. The van der Waals surface area contributed by atoms with Crippen LogP contribution in [0.15, 0.2) is 0 Å². The van der Waals surface area contributed by atoms with Crippen LogP contribution in [0.3, 0.4) is 0 Å². The number of rotatable bonds is 0. The molecule has 0 unspecified atom stereocenters. The molecule has 0 heterocycles. The topological polar surface area (TPSA) is 74.6 Å². The Morgan fingerprint density at radius 3 is 1.20 bits per heavy atom. The van der Waals surface area contributed by atoms with Crippen LogP contribution in [0.4, 0.5) is 13.2 Å². The fraction of sp³-hybridized carbons (Fsp3) is 1.00. The Labute approximate surface area is 64.2 Å². The number of alkyl halides is 3. The van der Waals surface area contributed by atoms with Crippen molar-refractivity contribution in [2.75, 3.05) is 0 Å². The molecule has 0 aliphatic carbocycles. The molecule has 58 valence electrons. The summed E-state index contributed by atoms with van der Waals surface area (Å²) in [6, 6.07) is 0. The average molecular weight is 174 g/mol. The molecule has 0 saturated carbocycles. The number of halogens is 3. The maximum atomic E-state index is 10.4. The van der Waals surface area contributed by atoms with Crippen molar-refractivity contribution >= 4 is 28.1 Å². The van der Waals surface area contributed by atoms with Crippen LogP contribution in [0.25, 0.3) is 0 Å². The normalized spacial score (nSPS) is 11.9. The van der Waals surface area contributed by atoms with Crippen molar-refractivity contribution in [1.82, 2.24) is 0 Å². The fourth-order valence-electron chi connectivity index (χ4n) is 0. The third kappa shape index (κ3) is 6560. The first-order valence-electron chi connectivity index (χ1n) is 1.77. The van der Waals surface area contributed by atoms with E-state index in [9.17, 15) is 13.2 Å². The minimum atomic E-state index is -4.67. The molecule has 0 aromatic heterocycles. The summed E-state index contributed by atoms with van der Waals surface area (Å²) in [5.74, 6) is 0. The molecule has 0 aliphatic rings. The third-order valence-electron chi connectivity index (χ3n) is 0. The predicted molar refractivity (Wildman–Crippen MR) is 26.0 cm³/mol. The zero-order valence-electron chi connectivity index (χ0n) is 4.75. The van der Waals surface area contributed by atoms with E-state index in [-0.39, 0.29) is 17.7 Å². The van der Waals surface area contributed by atoms with Crippen LogP contribution >= 0.6 is 0 Å². The maximum absolute atomic E-state index is 10.4. The Balaban J connectivity index is 0. The van der Waals surface area contributed by atoms with Gasteiger partial charge in [-0.3, -0.25) is 9.11 Å². The molecular formula is CH2F3LiO4S. The van der Waals surface area contributed by atoms with Crippen molar-refractivity contribution in [3.63, 3.8) is 0 Å². The SMILES string of the molecule is O=S(=O)(O)O.[Li][C](F)(F)F. The standard InChI is InChI=1S/CF3.Li.H2O4S/c2-1(3)4;;1-5(2,3)4/h;;(H2,1,2,3,4). The summed E-state index contributed by atoms with van der Waals surface area (Å²) in [5, 5.41) is 0. The summed E-state index contributed by atoms with van der Waals surface area (Å²) in [7, 11) is -4.67. The van der Waals surface area contributed by atoms with Gasteiger partial charge in [-0.1, -0.05) is 0 Å². The van der Waals surface area contributed by atoms with Gasteiger partial charge in [0.25, 0.3) is 0 Å². The summed E-state index contributed by atoms with van der Waals surface area (Å²) in [5.41, 5.74) is 0. The van der Waals surface area contributed by atoms with Crippen molar-refractivity contribution in [2.45, 2.75) is 4.85 Å². The molecule has 0 fully saturated rings. The van der Waals surface area contributed by atoms with Gasteiger partial charge < -0.3 is 0 Å². The zero-order valence-corrected chi connectivity index (χ0v) is 5.57. The fourth-order valence-corrected chi connectivity index (χ4v) is 0. The molecule has 0 rings (SSSR count). The predicted octanol–water partition coefficient (Wildman–Crippen LogP) is 0.0219. The van der Waals surface area contributed by atoms with Gasteiger partial charge >= 0.3 is 46.1 Å². The Bertz CT molecular complexity index is 155. The molecule has 0 bridgehead atoms. The summed E-state index contributed by atoms with van der Waals surface area (Å²) >= 11 is 0.188. The van der Waals surface area contributed by atoms with Gasteiger partial charge in [-0.2, -0.15) is 8.42 Å². The average Bonchev–Trinajstić information content (AvgIpc) is 1.12. The van der Waals surface area contributed by atoms with Crippen LogP contribution in [-0.4, -0.2) is 40.1 Å². The van der Waals surface area contributed by atoms with Crippen LogP contribution < -0.4 is 0 Å². The molecule has 0 radical (unpaired) electrons. The molecule has 0 atom stereocenters. The Kier molecular flexibility index (Phi) is 5.42. The van der Waals surface area contributed by atoms with Gasteiger partial charge in [0.2, 0.25) is 0 Å². The van der Waals surface area contributed by atoms with Gasteiger partial charge in [-0.25, -0.2) is 0 Å². The van der Waals surface area contributed by atoms with Gasteiger partial charge in [-0.15, -0.1) is 0 Å². The molecule has 0 aliphatic heterocycles. The molecule has 0 aromatic carbocycles. The zero-order chi connectivity index (χ0) is 9.00. The second-order valence-corrected chi connectivity index (χ2v) is 2.12. The van der Waals surface area contributed by atoms with Crippen molar-refractivity contribution < 1.29 is 30.7 Å². The van der Waals surface area contributed by atoms with E-state index in [1.54, 1.807) is 0 Å². The second kappa shape index (κ2) is 4.20. The molecule has 2 N–H and O–H groups in total. The summed E-state index contributed by atoms with van der Waals surface area (Å²) < 4.78 is 62.6. The minimum absolute atomic E-state index is 0.188. The van der Waals surface area contributed by atoms with Crippen molar-refractivity contribution in [2.24, 2.45) is 0 Å². The molecule has 0 spiro atoms. The molecule has 0 aromatic rings. The summed E-state index contributed by atoms with van der Waals surface area (Å²) in [4.78, 5) is -4.00. The first kappa shape index (κ1) is 12.9. The molecule has 0 saturated heterocycles. The molecule has 0 amide bonds. The van der Waals surface area contributed by atoms with E-state index in [2.05, 4.69) is 0 Å². The van der Waals surface area contributed by atoms with Crippen LogP contribution in [0.5, 0.6) is 0 Å².